The molecule has 0 saturated heterocycles. The Balaban J connectivity index is 2.33. The van der Waals surface area contributed by atoms with Gasteiger partial charge in [-0.15, -0.1) is 0 Å². The molecule has 0 saturated carbocycles. The van der Waals surface area contributed by atoms with E-state index >= 15 is 0 Å². The standard InChI is InChI=1S/C12H7IN2O2/c13-8-5-6-10-11(12(8)15(16)17)7-3-1-2-4-9(7)14-10/h1-5H,6H2. The largest absolute Gasteiger partial charge is 0.292 e. The second kappa shape index (κ2) is 3.76. The highest BCUT2D eigenvalue weighted by molar-refractivity contribution is 14.1. The van der Waals surface area contributed by atoms with Crippen molar-refractivity contribution in [2.24, 2.45) is 4.99 Å². The maximum absolute atomic E-state index is 11.2. The zero-order valence-electron chi connectivity index (χ0n) is 8.68. The molecule has 0 radical (unpaired) electrons. The summed E-state index contributed by atoms with van der Waals surface area (Å²) in [7, 11) is 0. The maximum atomic E-state index is 11.2. The molecule has 1 aromatic carbocycles. The predicted octanol–water partition coefficient (Wildman–Crippen LogP) is 3.48. The van der Waals surface area contributed by atoms with Crippen molar-refractivity contribution < 1.29 is 4.92 Å². The first-order valence-corrected chi connectivity index (χ1v) is 6.18. The van der Waals surface area contributed by atoms with Gasteiger partial charge in [-0.3, -0.25) is 15.1 Å². The molecule has 0 bridgehead atoms. The molecule has 1 aliphatic heterocycles. The number of hydrogen-bond donors (Lipinski definition) is 0. The van der Waals surface area contributed by atoms with E-state index in [9.17, 15) is 10.1 Å². The Labute approximate surface area is 111 Å². The van der Waals surface area contributed by atoms with Crippen LogP contribution in [0.1, 0.15) is 12.0 Å². The van der Waals surface area contributed by atoms with E-state index < -0.39 is 0 Å². The second-order valence-corrected chi connectivity index (χ2v) is 4.97. The number of fused-ring (bicyclic) bond motifs is 3. The van der Waals surface area contributed by atoms with Crippen molar-refractivity contribution >= 4 is 39.6 Å². The van der Waals surface area contributed by atoms with Gasteiger partial charge in [-0.2, -0.15) is 0 Å². The molecule has 4 nitrogen and oxygen atoms in total. The van der Waals surface area contributed by atoms with Gasteiger partial charge < -0.3 is 0 Å². The van der Waals surface area contributed by atoms with Crippen LogP contribution in [0.4, 0.5) is 5.69 Å². The highest BCUT2D eigenvalue weighted by Gasteiger charge is 2.34. The first-order chi connectivity index (χ1) is 8.18. The highest BCUT2D eigenvalue weighted by Crippen LogP contribution is 2.42. The lowest BCUT2D eigenvalue weighted by molar-refractivity contribution is -0.418. The molecule has 0 amide bonds. The number of halogens is 1. The average Bonchev–Trinajstić information content (AvgIpc) is 2.67. The van der Waals surface area contributed by atoms with E-state index in [1.165, 1.54) is 0 Å². The molecular weight excluding hydrogens is 331 g/mol. The maximum Gasteiger partial charge on any atom is 0.292 e. The molecule has 0 aromatic heterocycles. The molecule has 0 unspecified atom stereocenters. The Hall–Kier alpha value is -1.50. The summed E-state index contributed by atoms with van der Waals surface area (Å²) in [5, 5.41) is 11.2. The fourth-order valence-corrected chi connectivity index (χ4v) is 2.82. The zero-order valence-corrected chi connectivity index (χ0v) is 10.8. The van der Waals surface area contributed by atoms with E-state index in [1.54, 1.807) is 0 Å². The topological polar surface area (TPSA) is 55.5 Å². The number of benzene rings is 1. The summed E-state index contributed by atoms with van der Waals surface area (Å²) in [5.74, 6) is 0. The summed E-state index contributed by atoms with van der Waals surface area (Å²) >= 11 is 2.02. The van der Waals surface area contributed by atoms with Crippen molar-refractivity contribution in [3.63, 3.8) is 0 Å². The molecule has 0 fully saturated rings. The SMILES string of the molecule is O=[N+]([O-])C1=C2C(=Nc3ccccc32)CC=C1I. The molecule has 17 heavy (non-hydrogen) atoms. The van der Waals surface area contributed by atoms with Crippen LogP contribution < -0.4 is 0 Å². The molecule has 1 heterocycles. The van der Waals surface area contributed by atoms with Gasteiger partial charge in [0.2, 0.25) is 0 Å². The van der Waals surface area contributed by atoms with Gasteiger partial charge in [0.15, 0.2) is 0 Å². The third kappa shape index (κ3) is 1.53. The minimum Gasteiger partial charge on any atom is -0.258 e. The van der Waals surface area contributed by atoms with Crippen LogP contribution in [0.3, 0.4) is 0 Å². The molecular formula is C12H7IN2O2. The van der Waals surface area contributed by atoms with E-state index in [2.05, 4.69) is 4.99 Å². The Morgan fingerprint density at radius 1 is 1.35 bits per heavy atom. The molecule has 5 heteroatoms. The van der Waals surface area contributed by atoms with E-state index in [0.717, 1.165) is 17.0 Å². The lowest BCUT2D eigenvalue weighted by atomic mass is 9.95. The van der Waals surface area contributed by atoms with Gasteiger partial charge >= 0.3 is 0 Å². The fourth-order valence-electron chi connectivity index (χ4n) is 2.13. The van der Waals surface area contributed by atoms with Gasteiger partial charge in [0.25, 0.3) is 5.70 Å². The summed E-state index contributed by atoms with van der Waals surface area (Å²) in [5.41, 5.74) is 3.38. The van der Waals surface area contributed by atoms with Crippen LogP contribution in [0.25, 0.3) is 5.57 Å². The van der Waals surface area contributed by atoms with Crippen molar-refractivity contribution in [2.75, 3.05) is 0 Å². The van der Waals surface area contributed by atoms with Crippen LogP contribution in [0.2, 0.25) is 0 Å². The quantitative estimate of drug-likeness (QED) is 0.447. The summed E-state index contributed by atoms with van der Waals surface area (Å²) in [6.45, 7) is 0. The third-order valence-electron chi connectivity index (χ3n) is 2.84. The number of allylic oxidation sites excluding steroid dienone is 3. The van der Waals surface area contributed by atoms with Crippen molar-refractivity contribution in [3.05, 3.63) is 55.3 Å². The van der Waals surface area contributed by atoms with Gasteiger partial charge in [0.1, 0.15) is 0 Å². The number of hydrogen-bond acceptors (Lipinski definition) is 3. The normalized spacial score (nSPS) is 17.2. The van der Waals surface area contributed by atoms with E-state index in [4.69, 9.17) is 0 Å². The summed E-state index contributed by atoms with van der Waals surface area (Å²) < 4.78 is 0.693. The molecule has 0 atom stereocenters. The zero-order chi connectivity index (χ0) is 12.0. The van der Waals surface area contributed by atoms with Gasteiger partial charge in [0, 0.05) is 12.0 Å². The molecule has 1 aliphatic carbocycles. The van der Waals surface area contributed by atoms with Crippen LogP contribution in [-0.4, -0.2) is 10.6 Å². The number of aliphatic imine (C=N–C) groups is 1. The number of nitrogens with zero attached hydrogens (tertiary/aromatic N) is 2. The number of para-hydroxylation sites is 1. The van der Waals surface area contributed by atoms with Crippen LogP contribution >= 0.6 is 22.6 Å². The van der Waals surface area contributed by atoms with E-state index in [-0.39, 0.29) is 10.6 Å². The molecule has 2 aliphatic rings. The summed E-state index contributed by atoms with van der Waals surface area (Å²) in [4.78, 5) is 15.3. The van der Waals surface area contributed by atoms with Crippen LogP contribution in [0.15, 0.2) is 44.6 Å². The van der Waals surface area contributed by atoms with Crippen LogP contribution in [0, 0.1) is 10.1 Å². The van der Waals surface area contributed by atoms with Gasteiger partial charge in [-0.05, 0) is 28.7 Å². The van der Waals surface area contributed by atoms with Gasteiger partial charge in [-0.1, -0.05) is 24.3 Å². The molecule has 0 N–H and O–H groups in total. The van der Waals surface area contributed by atoms with Crippen molar-refractivity contribution in [3.8, 4) is 0 Å². The third-order valence-corrected chi connectivity index (χ3v) is 3.79. The number of nitro groups is 1. The van der Waals surface area contributed by atoms with E-state index in [1.807, 2.05) is 52.9 Å². The lowest BCUT2D eigenvalue weighted by Crippen LogP contribution is -2.11. The van der Waals surface area contributed by atoms with Crippen molar-refractivity contribution in [2.45, 2.75) is 6.42 Å². The minimum atomic E-state index is -0.315. The van der Waals surface area contributed by atoms with Gasteiger partial charge in [0.05, 0.1) is 25.5 Å². The Morgan fingerprint density at radius 3 is 2.88 bits per heavy atom. The Morgan fingerprint density at radius 2 is 2.12 bits per heavy atom. The van der Waals surface area contributed by atoms with Crippen molar-refractivity contribution in [1.82, 2.24) is 0 Å². The molecule has 1 aromatic rings. The average molecular weight is 338 g/mol. The van der Waals surface area contributed by atoms with Gasteiger partial charge in [-0.25, -0.2) is 0 Å². The fraction of sp³-hybridized carbons (Fsp3) is 0.0833. The summed E-state index contributed by atoms with van der Waals surface area (Å²) in [6, 6.07) is 7.55. The lowest BCUT2D eigenvalue weighted by Gasteiger charge is -2.10. The van der Waals surface area contributed by atoms with E-state index in [0.29, 0.717) is 15.6 Å². The minimum absolute atomic E-state index is 0.181. The monoisotopic (exact) mass is 338 g/mol. The molecule has 3 rings (SSSR count). The van der Waals surface area contributed by atoms with Crippen LogP contribution in [-0.2, 0) is 0 Å². The molecule has 84 valence electrons. The Bertz CT molecular complexity index is 629. The van der Waals surface area contributed by atoms with Crippen LogP contribution in [0.5, 0.6) is 0 Å². The highest BCUT2D eigenvalue weighted by atomic mass is 127. The number of rotatable bonds is 1. The first-order valence-electron chi connectivity index (χ1n) is 5.10. The van der Waals surface area contributed by atoms with Crippen molar-refractivity contribution in [1.29, 1.82) is 0 Å². The molecule has 0 spiro atoms. The Kier molecular flexibility index (Phi) is 2.36. The summed E-state index contributed by atoms with van der Waals surface area (Å²) in [6.07, 6.45) is 2.52. The smallest absolute Gasteiger partial charge is 0.258 e. The second-order valence-electron chi connectivity index (χ2n) is 3.81. The first kappa shape index (κ1) is 10.6. The predicted molar refractivity (Wildman–Crippen MR) is 74.2 cm³/mol.